The van der Waals surface area contributed by atoms with Gasteiger partial charge in [-0.25, -0.2) is 0 Å². The maximum atomic E-state index is 12.8. The lowest BCUT2D eigenvalue weighted by molar-refractivity contribution is -0.113. The SMILES string of the molecule is Cc1cccc(C(=O)N[C@H](c2nnc(SCC(=O)Nc3ccc(Cl)cc3)n2C)C(C)C)c1. The molecule has 0 fully saturated rings. The summed E-state index contributed by atoms with van der Waals surface area (Å²) < 4.78 is 1.82. The van der Waals surface area contributed by atoms with Gasteiger partial charge in [-0.2, -0.15) is 0 Å². The van der Waals surface area contributed by atoms with Crippen molar-refractivity contribution >= 4 is 40.9 Å². The summed E-state index contributed by atoms with van der Waals surface area (Å²) in [5, 5.41) is 15.6. The fraction of sp³-hybridized carbons (Fsp3) is 0.304. The molecule has 3 rings (SSSR count). The van der Waals surface area contributed by atoms with Gasteiger partial charge in [-0.15, -0.1) is 10.2 Å². The summed E-state index contributed by atoms with van der Waals surface area (Å²) in [6.45, 7) is 5.98. The highest BCUT2D eigenvalue weighted by Crippen LogP contribution is 2.25. The van der Waals surface area contributed by atoms with Crippen LogP contribution in [0.15, 0.2) is 53.7 Å². The molecule has 0 radical (unpaired) electrons. The number of nitrogens with one attached hydrogen (secondary N) is 2. The number of aromatic nitrogens is 3. The second kappa shape index (κ2) is 10.7. The molecule has 32 heavy (non-hydrogen) atoms. The molecular weight excluding hydrogens is 446 g/mol. The van der Waals surface area contributed by atoms with Gasteiger partial charge >= 0.3 is 0 Å². The van der Waals surface area contributed by atoms with Gasteiger partial charge in [-0.05, 0) is 49.2 Å². The quantitative estimate of drug-likeness (QED) is 0.467. The fourth-order valence-corrected chi connectivity index (χ4v) is 3.97. The number of amides is 2. The van der Waals surface area contributed by atoms with Crippen molar-refractivity contribution in [3.8, 4) is 0 Å². The average Bonchev–Trinajstić information content (AvgIpc) is 3.11. The number of hydrogen-bond acceptors (Lipinski definition) is 5. The Morgan fingerprint density at radius 3 is 2.50 bits per heavy atom. The minimum atomic E-state index is -0.322. The molecule has 2 aromatic carbocycles. The first-order chi connectivity index (χ1) is 15.2. The third-order valence-corrected chi connectivity index (χ3v) is 6.11. The van der Waals surface area contributed by atoms with Crippen molar-refractivity contribution < 1.29 is 9.59 Å². The van der Waals surface area contributed by atoms with E-state index in [0.29, 0.717) is 27.3 Å². The predicted octanol–water partition coefficient (Wildman–Crippen LogP) is 4.63. The molecule has 1 atom stereocenters. The van der Waals surface area contributed by atoms with E-state index in [4.69, 9.17) is 11.6 Å². The van der Waals surface area contributed by atoms with Gasteiger partial charge in [-0.1, -0.05) is 54.9 Å². The summed E-state index contributed by atoms with van der Waals surface area (Å²) in [7, 11) is 1.84. The van der Waals surface area contributed by atoms with Crippen molar-refractivity contribution in [2.24, 2.45) is 13.0 Å². The zero-order chi connectivity index (χ0) is 23.3. The molecule has 0 unspecified atom stereocenters. The molecule has 168 valence electrons. The minimum Gasteiger partial charge on any atom is -0.342 e. The highest BCUT2D eigenvalue weighted by atomic mass is 35.5. The molecule has 3 aromatic rings. The number of carbonyl (C=O) groups excluding carboxylic acids is 2. The maximum absolute atomic E-state index is 12.8. The van der Waals surface area contributed by atoms with E-state index < -0.39 is 0 Å². The number of thioether (sulfide) groups is 1. The Labute approximate surface area is 197 Å². The Morgan fingerprint density at radius 2 is 1.84 bits per heavy atom. The molecule has 0 aliphatic rings. The molecule has 0 saturated carbocycles. The van der Waals surface area contributed by atoms with Crippen LogP contribution in [0.4, 0.5) is 5.69 Å². The summed E-state index contributed by atoms with van der Waals surface area (Å²) in [6, 6.07) is 14.1. The van der Waals surface area contributed by atoms with Crippen LogP contribution in [0.1, 0.15) is 41.6 Å². The zero-order valence-electron chi connectivity index (χ0n) is 18.4. The highest BCUT2D eigenvalue weighted by Gasteiger charge is 2.25. The van der Waals surface area contributed by atoms with Gasteiger partial charge in [0.2, 0.25) is 5.91 Å². The Kier molecular flexibility index (Phi) is 7.93. The van der Waals surface area contributed by atoms with Gasteiger partial charge in [0.05, 0.1) is 11.8 Å². The maximum Gasteiger partial charge on any atom is 0.251 e. The predicted molar refractivity (Wildman–Crippen MR) is 128 cm³/mol. The van der Waals surface area contributed by atoms with Crippen molar-refractivity contribution in [3.05, 3.63) is 70.5 Å². The molecule has 1 heterocycles. The average molecular weight is 472 g/mol. The molecule has 2 amide bonds. The Hall–Kier alpha value is -2.84. The monoisotopic (exact) mass is 471 g/mol. The standard InChI is InChI=1S/C23H26ClN5O2S/c1-14(2)20(26-22(31)16-7-5-6-15(3)12-16)21-27-28-23(29(21)4)32-13-19(30)25-18-10-8-17(24)9-11-18/h5-12,14,20H,13H2,1-4H3,(H,25,30)(H,26,31)/t20-/m0/s1. The molecule has 0 bridgehead atoms. The summed E-state index contributed by atoms with van der Waals surface area (Å²) >= 11 is 7.15. The number of aryl methyl sites for hydroxylation is 1. The Balaban J connectivity index is 1.66. The second-order valence-corrected chi connectivity index (χ2v) is 9.19. The second-order valence-electron chi connectivity index (χ2n) is 7.81. The van der Waals surface area contributed by atoms with E-state index in [1.807, 2.05) is 50.6 Å². The van der Waals surface area contributed by atoms with E-state index >= 15 is 0 Å². The van der Waals surface area contributed by atoms with Crippen LogP contribution in [0.3, 0.4) is 0 Å². The number of carbonyl (C=O) groups is 2. The first kappa shape index (κ1) is 23.8. The van der Waals surface area contributed by atoms with Gasteiger partial charge < -0.3 is 15.2 Å². The van der Waals surface area contributed by atoms with Crippen molar-refractivity contribution in [2.75, 3.05) is 11.1 Å². The Morgan fingerprint density at radius 1 is 1.12 bits per heavy atom. The molecular formula is C23H26ClN5O2S. The van der Waals surface area contributed by atoms with Crippen molar-refractivity contribution in [2.45, 2.75) is 32.0 Å². The van der Waals surface area contributed by atoms with Gasteiger partial charge in [-0.3, -0.25) is 9.59 Å². The van der Waals surface area contributed by atoms with Crippen molar-refractivity contribution in [3.63, 3.8) is 0 Å². The molecule has 9 heteroatoms. The Bertz CT molecular complexity index is 1100. The molecule has 7 nitrogen and oxygen atoms in total. The fourth-order valence-electron chi connectivity index (χ4n) is 3.12. The highest BCUT2D eigenvalue weighted by molar-refractivity contribution is 7.99. The summed E-state index contributed by atoms with van der Waals surface area (Å²) in [4.78, 5) is 25.1. The van der Waals surface area contributed by atoms with Crippen LogP contribution in [-0.4, -0.2) is 32.3 Å². The smallest absolute Gasteiger partial charge is 0.251 e. The number of rotatable bonds is 8. The molecule has 0 aliphatic heterocycles. The number of nitrogens with zero attached hydrogens (tertiary/aromatic N) is 3. The summed E-state index contributed by atoms with van der Waals surface area (Å²) in [5.74, 6) is 0.595. The van der Waals surface area contributed by atoms with E-state index in [1.165, 1.54) is 11.8 Å². The number of anilines is 1. The lowest BCUT2D eigenvalue weighted by Crippen LogP contribution is -2.33. The number of halogens is 1. The van der Waals surface area contributed by atoms with Crippen LogP contribution in [-0.2, 0) is 11.8 Å². The van der Waals surface area contributed by atoms with Gasteiger partial charge in [0.1, 0.15) is 0 Å². The first-order valence-corrected chi connectivity index (χ1v) is 11.6. The minimum absolute atomic E-state index is 0.0951. The largest absolute Gasteiger partial charge is 0.342 e. The zero-order valence-corrected chi connectivity index (χ0v) is 20.0. The van der Waals surface area contributed by atoms with Crippen molar-refractivity contribution in [1.82, 2.24) is 20.1 Å². The van der Waals surface area contributed by atoms with Crippen LogP contribution >= 0.6 is 23.4 Å². The van der Waals surface area contributed by atoms with Gasteiger partial charge in [0.15, 0.2) is 11.0 Å². The number of benzene rings is 2. The van der Waals surface area contributed by atoms with E-state index in [1.54, 1.807) is 30.3 Å². The molecule has 0 spiro atoms. The molecule has 1 aromatic heterocycles. The lowest BCUT2D eigenvalue weighted by Gasteiger charge is -2.21. The van der Waals surface area contributed by atoms with E-state index in [-0.39, 0.29) is 29.5 Å². The van der Waals surface area contributed by atoms with E-state index in [0.717, 1.165) is 5.56 Å². The topological polar surface area (TPSA) is 88.9 Å². The first-order valence-electron chi connectivity index (χ1n) is 10.2. The van der Waals surface area contributed by atoms with Crippen LogP contribution in [0.2, 0.25) is 5.02 Å². The van der Waals surface area contributed by atoms with Crippen LogP contribution < -0.4 is 10.6 Å². The van der Waals surface area contributed by atoms with E-state index in [2.05, 4.69) is 20.8 Å². The third kappa shape index (κ3) is 6.11. The molecule has 0 aliphatic carbocycles. The van der Waals surface area contributed by atoms with Crippen LogP contribution in [0, 0.1) is 12.8 Å². The third-order valence-electron chi connectivity index (χ3n) is 4.84. The number of hydrogen-bond donors (Lipinski definition) is 2. The van der Waals surface area contributed by atoms with Crippen LogP contribution in [0.25, 0.3) is 0 Å². The molecule has 0 saturated heterocycles. The van der Waals surface area contributed by atoms with Gasteiger partial charge in [0, 0.05) is 23.3 Å². The lowest BCUT2D eigenvalue weighted by atomic mass is 10.0. The van der Waals surface area contributed by atoms with Crippen molar-refractivity contribution in [1.29, 1.82) is 0 Å². The van der Waals surface area contributed by atoms with E-state index in [9.17, 15) is 9.59 Å². The van der Waals surface area contributed by atoms with Crippen LogP contribution in [0.5, 0.6) is 0 Å². The summed E-state index contributed by atoms with van der Waals surface area (Å²) in [5.41, 5.74) is 2.30. The summed E-state index contributed by atoms with van der Waals surface area (Å²) in [6.07, 6.45) is 0. The normalized spacial score (nSPS) is 11.9. The van der Waals surface area contributed by atoms with Gasteiger partial charge in [0.25, 0.3) is 5.91 Å². The molecule has 2 N–H and O–H groups in total.